The summed E-state index contributed by atoms with van der Waals surface area (Å²) >= 11 is 0. The third-order valence-corrected chi connectivity index (χ3v) is 2.77. The van der Waals surface area contributed by atoms with Crippen molar-refractivity contribution in [3.8, 4) is 0 Å². The molecule has 1 heterocycles. The number of carboxylic acids is 1. The zero-order valence-corrected chi connectivity index (χ0v) is 11.2. The van der Waals surface area contributed by atoms with Crippen LogP contribution < -0.4 is 10.6 Å². The number of amides is 2. The molecule has 1 aromatic carbocycles. The second-order valence-corrected chi connectivity index (χ2v) is 4.50. The second kappa shape index (κ2) is 6.04. The van der Waals surface area contributed by atoms with Crippen LogP contribution in [0.15, 0.2) is 24.4 Å². The van der Waals surface area contributed by atoms with E-state index in [0.717, 1.165) is 5.39 Å². The summed E-state index contributed by atoms with van der Waals surface area (Å²) in [5.41, 5.74) is 1.03. The molecule has 1 atom stereocenters. The van der Waals surface area contributed by atoms with Gasteiger partial charge in [0.2, 0.25) is 5.91 Å². The first kappa shape index (κ1) is 14.5. The van der Waals surface area contributed by atoms with E-state index in [2.05, 4.69) is 20.8 Å². The molecular formula is C13H14N4O4. The Labute approximate surface area is 119 Å². The Hall–Kier alpha value is -2.90. The maximum Gasteiger partial charge on any atom is 0.307 e. The molecule has 0 saturated carbocycles. The molecule has 110 valence electrons. The van der Waals surface area contributed by atoms with E-state index < -0.39 is 30.4 Å². The highest BCUT2D eigenvalue weighted by molar-refractivity contribution is 5.98. The van der Waals surface area contributed by atoms with Crippen molar-refractivity contribution in [1.82, 2.24) is 20.8 Å². The molecule has 21 heavy (non-hydrogen) atoms. The first-order chi connectivity index (χ1) is 9.95. The van der Waals surface area contributed by atoms with Crippen molar-refractivity contribution < 1.29 is 19.5 Å². The second-order valence-electron chi connectivity index (χ2n) is 4.50. The molecule has 8 heteroatoms. The van der Waals surface area contributed by atoms with Crippen molar-refractivity contribution in [2.75, 3.05) is 0 Å². The maximum atomic E-state index is 12.1. The molecular weight excluding hydrogens is 276 g/mol. The molecule has 8 nitrogen and oxygen atoms in total. The fourth-order valence-corrected chi connectivity index (χ4v) is 1.88. The molecule has 0 saturated heterocycles. The molecule has 1 unspecified atom stereocenters. The molecule has 2 aromatic rings. The number of aromatic amines is 1. The van der Waals surface area contributed by atoms with E-state index in [9.17, 15) is 14.4 Å². The number of rotatable bonds is 5. The Morgan fingerprint density at radius 1 is 1.33 bits per heavy atom. The molecule has 1 aromatic heterocycles. The topological polar surface area (TPSA) is 124 Å². The van der Waals surface area contributed by atoms with E-state index in [1.807, 2.05) is 0 Å². The highest BCUT2D eigenvalue weighted by atomic mass is 16.4. The van der Waals surface area contributed by atoms with Crippen LogP contribution >= 0.6 is 0 Å². The van der Waals surface area contributed by atoms with Gasteiger partial charge in [-0.2, -0.15) is 5.10 Å². The molecule has 2 rings (SSSR count). The smallest absolute Gasteiger partial charge is 0.307 e. The SMILES string of the molecule is CC(=O)NC(CC(=O)O)NC(=O)c1ccc2cn[nH]c2c1. The van der Waals surface area contributed by atoms with Gasteiger partial charge >= 0.3 is 5.97 Å². The number of carbonyl (C=O) groups is 3. The Morgan fingerprint density at radius 3 is 2.76 bits per heavy atom. The van der Waals surface area contributed by atoms with Crippen molar-refractivity contribution >= 4 is 28.7 Å². The quantitative estimate of drug-likeness (QED) is 0.587. The van der Waals surface area contributed by atoms with E-state index in [4.69, 9.17) is 5.11 Å². The largest absolute Gasteiger partial charge is 0.481 e. The summed E-state index contributed by atoms with van der Waals surface area (Å²) in [5, 5.41) is 21.1. The summed E-state index contributed by atoms with van der Waals surface area (Å²) in [6.07, 6.45) is 0.254. The van der Waals surface area contributed by atoms with E-state index in [1.54, 1.807) is 24.4 Å². The van der Waals surface area contributed by atoms with Crippen LogP contribution in [0.5, 0.6) is 0 Å². The summed E-state index contributed by atoms with van der Waals surface area (Å²) in [4.78, 5) is 33.9. The zero-order chi connectivity index (χ0) is 15.4. The molecule has 2 amide bonds. The van der Waals surface area contributed by atoms with Gasteiger partial charge in [-0.05, 0) is 12.1 Å². The minimum atomic E-state index is -1.13. The Bertz CT molecular complexity index is 678. The molecule has 0 bridgehead atoms. The van der Waals surface area contributed by atoms with Crippen LogP contribution in [0, 0.1) is 0 Å². The lowest BCUT2D eigenvalue weighted by Gasteiger charge is -2.17. The van der Waals surface area contributed by atoms with Gasteiger partial charge in [-0.15, -0.1) is 0 Å². The van der Waals surface area contributed by atoms with Crippen molar-refractivity contribution in [3.05, 3.63) is 30.0 Å². The van der Waals surface area contributed by atoms with Crippen molar-refractivity contribution in [3.63, 3.8) is 0 Å². The number of H-pyrrole nitrogens is 1. The van der Waals surface area contributed by atoms with Crippen LogP contribution in [0.3, 0.4) is 0 Å². The number of fused-ring (bicyclic) bond motifs is 1. The van der Waals surface area contributed by atoms with Gasteiger partial charge in [-0.25, -0.2) is 0 Å². The number of hydrogen-bond donors (Lipinski definition) is 4. The summed E-state index contributed by atoms with van der Waals surface area (Å²) in [6.45, 7) is 1.25. The molecule has 0 aliphatic rings. The third-order valence-electron chi connectivity index (χ3n) is 2.77. The van der Waals surface area contributed by atoms with Gasteiger partial charge in [-0.3, -0.25) is 19.5 Å². The Kier molecular flexibility index (Phi) is 4.17. The minimum absolute atomic E-state index is 0.340. The monoisotopic (exact) mass is 290 g/mol. The van der Waals surface area contributed by atoms with E-state index in [1.165, 1.54) is 6.92 Å². The Morgan fingerprint density at radius 2 is 2.10 bits per heavy atom. The molecule has 0 aliphatic carbocycles. The fourth-order valence-electron chi connectivity index (χ4n) is 1.88. The van der Waals surface area contributed by atoms with Crippen LogP contribution in [0.25, 0.3) is 10.9 Å². The van der Waals surface area contributed by atoms with E-state index in [0.29, 0.717) is 11.1 Å². The van der Waals surface area contributed by atoms with E-state index >= 15 is 0 Å². The standard InChI is InChI=1S/C13H14N4O4/c1-7(18)15-11(5-12(19)20)16-13(21)8-2-3-9-6-14-17-10(9)4-8/h2-4,6,11H,5H2,1H3,(H,14,17)(H,15,18)(H,16,21)(H,19,20). The zero-order valence-electron chi connectivity index (χ0n) is 11.2. The number of carbonyl (C=O) groups excluding carboxylic acids is 2. The highest BCUT2D eigenvalue weighted by Gasteiger charge is 2.18. The number of aromatic nitrogens is 2. The fraction of sp³-hybridized carbons (Fsp3) is 0.231. The minimum Gasteiger partial charge on any atom is -0.481 e. The lowest BCUT2D eigenvalue weighted by Crippen LogP contribution is -2.48. The first-order valence-corrected chi connectivity index (χ1v) is 6.18. The normalized spacial score (nSPS) is 11.9. The van der Waals surface area contributed by atoms with Crippen LogP contribution in [0.4, 0.5) is 0 Å². The lowest BCUT2D eigenvalue weighted by atomic mass is 10.1. The average Bonchev–Trinajstić information content (AvgIpc) is 2.83. The van der Waals surface area contributed by atoms with Gasteiger partial charge in [0.05, 0.1) is 18.1 Å². The van der Waals surface area contributed by atoms with Crippen LogP contribution in [0.2, 0.25) is 0 Å². The molecule has 0 fully saturated rings. The third kappa shape index (κ3) is 3.78. The summed E-state index contributed by atoms with van der Waals surface area (Å²) in [6, 6.07) is 4.92. The van der Waals surface area contributed by atoms with Gasteiger partial charge in [0, 0.05) is 17.9 Å². The number of carboxylic acid groups (broad SMARTS) is 1. The summed E-state index contributed by atoms with van der Waals surface area (Å²) < 4.78 is 0. The average molecular weight is 290 g/mol. The van der Waals surface area contributed by atoms with Crippen LogP contribution in [0.1, 0.15) is 23.7 Å². The Balaban J connectivity index is 2.12. The van der Waals surface area contributed by atoms with Crippen molar-refractivity contribution in [2.24, 2.45) is 0 Å². The lowest BCUT2D eigenvalue weighted by molar-refractivity contribution is -0.137. The highest BCUT2D eigenvalue weighted by Crippen LogP contribution is 2.12. The number of hydrogen-bond acceptors (Lipinski definition) is 4. The van der Waals surface area contributed by atoms with Gasteiger partial charge in [-0.1, -0.05) is 6.07 Å². The molecule has 0 radical (unpaired) electrons. The maximum absolute atomic E-state index is 12.1. The van der Waals surface area contributed by atoms with Gasteiger partial charge in [0.25, 0.3) is 5.91 Å². The number of benzene rings is 1. The van der Waals surface area contributed by atoms with Crippen molar-refractivity contribution in [1.29, 1.82) is 0 Å². The first-order valence-electron chi connectivity index (χ1n) is 6.18. The molecule has 4 N–H and O–H groups in total. The number of nitrogens with one attached hydrogen (secondary N) is 3. The predicted molar refractivity (Wildman–Crippen MR) is 73.4 cm³/mol. The summed E-state index contributed by atoms with van der Waals surface area (Å²) in [7, 11) is 0. The van der Waals surface area contributed by atoms with Crippen LogP contribution in [-0.4, -0.2) is 39.3 Å². The summed E-state index contributed by atoms with van der Waals surface area (Å²) in [5.74, 6) is -2.03. The van der Waals surface area contributed by atoms with Gasteiger partial charge in [0.15, 0.2) is 0 Å². The number of nitrogens with zero attached hydrogens (tertiary/aromatic N) is 1. The van der Waals surface area contributed by atoms with E-state index in [-0.39, 0.29) is 0 Å². The predicted octanol–water partition coefficient (Wildman–Crippen LogP) is 0.230. The van der Waals surface area contributed by atoms with Gasteiger partial charge < -0.3 is 15.7 Å². The van der Waals surface area contributed by atoms with Crippen LogP contribution in [-0.2, 0) is 9.59 Å². The molecule has 0 aliphatic heterocycles. The van der Waals surface area contributed by atoms with Gasteiger partial charge in [0.1, 0.15) is 6.17 Å². The number of aliphatic carboxylic acids is 1. The molecule has 0 spiro atoms. The van der Waals surface area contributed by atoms with Crippen molar-refractivity contribution in [2.45, 2.75) is 19.5 Å².